The molecule has 2 aromatic rings. The van der Waals surface area contributed by atoms with Gasteiger partial charge in [0, 0.05) is 0 Å². The zero-order chi connectivity index (χ0) is 16.4. The monoisotopic (exact) mass is 325 g/mol. The fraction of sp³-hybridized carbons (Fsp3) is 0.400. The van der Waals surface area contributed by atoms with Crippen LogP contribution in [-0.2, 0) is 23.9 Å². The Morgan fingerprint density at radius 2 is 2.13 bits per heavy atom. The molecule has 5 nitrogen and oxygen atoms in total. The van der Waals surface area contributed by atoms with E-state index in [0.717, 1.165) is 24.0 Å². The second kappa shape index (κ2) is 6.02. The van der Waals surface area contributed by atoms with Gasteiger partial charge >= 0.3 is 6.18 Å². The Morgan fingerprint density at radius 1 is 1.35 bits per heavy atom. The Kier molecular flexibility index (Phi) is 4.06. The van der Waals surface area contributed by atoms with Gasteiger partial charge in [-0.15, -0.1) is 0 Å². The number of rotatable bonds is 3. The van der Waals surface area contributed by atoms with Gasteiger partial charge in [-0.3, -0.25) is 4.79 Å². The zero-order valence-corrected chi connectivity index (χ0v) is 12.1. The summed E-state index contributed by atoms with van der Waals surface area (Å²) in [5, 5.41) is 5.42. The molecule has 1 heterocycles. The summed E-state index contributed by atoms with van der Waals surface area (Å²) in [6, 6.07) is 7.70. The van der Waals surface area contributed by atoms with E-state index < -0.39 is 12.0 Å². The molecule has 1 atom stereocenters. The number of hydrogen-bond donors (Lipinski definition) is 1. The molecule has 0 spiro atoms. The molecule has 122 valence electrons. The predicted octanol–water partition coefficient (Wildman–Crippen LogP) is 2.82. The van der Waals surface area contributed by atoms with Crippen LogP contribution in [0.3, 0.4) is 0 Å². The first-order valence-electron chi connectivity index (χ1n) is 7.20. The zero-order valence-electron chi connectivity index (χ0n) is 12.1. The number of amides is 1. The standard InChI is InChI=1S/C15H14F3N3O2/c16-15(17,18)14-20-12(23-21-14)8-19-13(22)11-7-3-5-9-4-1-2-6-10(9)11/h1-2,4,6,11H,3,5,7-8H2,(H,19,22). The molecule has 0 aliphatic heterocycles. The van der Waals surface area contributed by atoms with Crippen molar-refractivity contribution in [3.63, 3.8) is 0 Å². The number of aryl methyl sites for hydroxylation is 1. The number of halogens is 3. The number of nitrogens with zero attached hydrogens (tertiary/aromatic N) is 2. The molecule has 0 radical (unpaired) electrons. The van der Waals surface area contributed by atoms with Gasteiger partial charge in [0.15, 0.2) is 0 Å². The van der Waals surface area contributed by atoms with Gasteiger partial charge < -0.3 is 9.84 Å². The maximum absolute atomic E-state index is 12.4. The first-order valence-corrected chi connectivity index (χ1v) is 7.20. The van der Waals surface area contributed by atoms with Gasteiger partial charge in [-0.1, -0.05) is 29.4 Å². The van der Waals surface area contributed by atoms with E-state index in [1.807, 2.05) is 24.3 Å². The van der Waals surface area contributed by atoms with Gasteiger partial charge in [0.1, 0.15) is 0 Å². The van der Waals surface area contributed by atoms with Crippen LogP contribution in [0.25, 0.3) is 0 Å². The number of alkyl halides is 3. The Morgan fingerprint density at radius 3 is 2.87 bits per heavy atom. The van der Waals surface area contributed by atoms with Gasteiger partial charge in [0.2, 0.25) is 11.8 Å². The van der Waals surface area contributed by atoms with Crippen LogP contribution in [0.1, 0.15) is 41.6 Å². The summed E-state index contributed by atoms with van der Waals surface area (Å²) in [5.41, 5.74) is 2.11. The lowest BCUT2D eigenvalue weighted by Gasteiger charge is -2.24. The predicted molar refractivity (Wildman–Crippen MR) is 73.3 cm³/mol. The molecule has 8 heteroatoms. The smallest absolute Gasteiger partial charge is 0.346 e. The van der Waals surface area contributed by atoms with Gasteiger partial charge in [-0.2, -0.15) is 18.2 Å². The van der Waals surface area contributed by atoms with Crippen LogP contribution in [0, 0.1) is 0 Å². The molecule has 1 aliphatic carbocycles. The van der Waals surface area contributed by atoms with Crippen molar-refractivity contribution in [3.05, 3.63) is 47.1 Å². The summed E-state index contributed by atoms with van der Waals surface area (Å²) in [5.74, 6) is -2.16. The van der Waals surface area contributed by atoms with Crippen molar-refractivity contribution >= 4 is 5.91 Å². The number of aromatic nitrogens is 2. The first-order chi connectivity index (χ1) is 10.9. The van der Waals surface area contributed by atoms with Crippen LogP contribution < -0.4 is 5.32 Å². The molecule has 0 saturated carbocycles. The van der Waals surface area contributed by atoms with Crippen LogP contribution >= 0.6 is 0 Å². The average Bonchev–Trinajstić information content (AvgIpc) is 3.01. The molecular formula is C15H14F3N3O2. The fourth-order valence-corrected chi connectivity index (χ4v) is 2.75. The fourth-order valence-electron chi connectivity index (χ4n) is 2.75. The van der Waals surface area contributed by atoms with E-state index in [0.29, 0.717) is 6.42 Å². The first kappa shape index (κ1) is 15.5. The van der Waals surface area contributed by atoms with E-state index in [9.17, 15) is 18.0 Å². The highest BCUT2D eigenvalue weighted by molar-refractivity contribution is 5.84. The van der Waals surface area contributed by atoms with E-state index in [2.05, 4.69) is 20.0 Å². The molecule has 1 aliphatic rings. The highest BCUT2D eigenvalue weighted by Crippen LogP contribution is 2.31. The van der Waals surface area contributed by atoms with Crippen LogP contribution in [0.4, 0.5) is 13.2 Å². The lowest BCUT2D eigenvalue weighted by molar-refractivity contribution is -0.146. The molecule has 0 saturated heterocycles. The Hall–Kier alpha value is -2.38. The number of nitrogens with one attached hydrogen (secondary N) is 1. The third kappa shape index (κ3) is 3.35. The largest absolute Gasteiger partial charge is 0.455 e. The van der Waals surface area contributed by atoms with E-state index in [1.165, 1.54) is 0 Å². The summed E-state index contributed by atoms with van der Waals surface area (Å²) in [6.45, 7) is -0.222. The molecule has 3 rings (SSSR count). The normalized spacial score (nSPS) is 17.6. The molecule has 1 N–H and O–H groups in total. The second-order valence-electron chi connectivity index (χ2n) is 5.37. The number of carbonyl (C=O) groups excluding carboxylic acids is 1. The summed E-state index contributed by atoms with van der Waals surface area (Å²) >= 11 is 0. The molecule has 1 aromatic carbocycles. The van der Waals surface area contributed by atoms with E-state index in [-0.39, 0.29) is 24.3 Å². The van der Waals surface area contributed by atoms with Crippen molar-refractivity contribution in [1.29, 1.82) is 0 Å². The van der Waals surface area contributed by atoms with Crippen LogP contribution in [0.5, 0.6) is 0 Å². The van der Waals surface area contributed by atoms with Crippen molar-refractivity contribution < 1.29 is 22.5 Å². The van der Waals surface area contributed by atoms with Crippen molar-refractivity contribution in [2.45, 2.75) is 37.9 Å². The maximum Gasteiger partial charge on any atom is 0.455 e. The molecule has 1 amide bonds. The maximum atomic E-state index is 12.4. The summed E-state index contributed by atoms with van der Waals surface area (Å²) < 4.78 is 41.7. The summed E-state index contributed by atoms with van der Waals surface area (Å²) in [7, 11) is 0. The Bertz CT molecular complexity index is 712. The van der Waals surface area contributed by atoms with Crippen LogP contribution in [0.2, 0.25) is 0 Å². The van der Waals surface area contributed by atoms with Crippen molar-refractivity contribution in [2.75, 3.05) is 0 Å². The lowest BCUT2D eigenvalue weighted by atomic mass is 9.82. The molecule has 0 fully saturated rings. The molecule has 1 unspecified atom stereocenters. The summed E-state index contributed by atoms with van der Waals surface area (Å²) in [6.07, 6.45) is -2.12. The lowest BCUT2D eigenvalue weighted by Crippen LogP contribution is -2.31. The minimum absolute atomic E-state index is 0.222. The number of benzene rings is 1. The molecule has 0 bridgehead atoms. The molecular weight excluding hydrogens is 311 g/mol. The van der Waals surface area contributed by atoms with Crippen LogP contribution in [-0.4, -0.2) is 16.0 Å². The second-order valence-corrected chi connectivity index (χ2v) is 5.37. The topological polar surface area (TPSA) is 68.0 Å². The highest BCUT2D eigenvalue weighted by atomic mass is 19.4. The molecule has 1 aromatic heterocycles. The van der Waals surface area contributed by atoms with E-state index >= 15 is 0 Å². The van der Waals surface area contributed by atoms with Crippen LogP contribution in [0.15, 0.2) is 28.8 Å². The van der Waals surface area contributed by atoms with Crippen molar-refractivity contribution in [1.82, 2.24) is 15.5 Å². The van der Waals surface area contributed by atoms with E-state index in [1.54, 1.807) is 0 Å². The minimum atomic E-state index is -4.66. The summed E-state index contributed by atoms with van der Waals surface area (Å²) in [4.78, 5) is 15.5. The van der Waals surface area contributed by atoms with Gasteiger partial charge in [-0.05, 0) is 30.4 Å². The van der Waals surface area contributed by atoms with Crippen molar-refractivity contribution in [3.8, 4) is 0 Å². The van der Waals surface area contributed by atoms with Crippen molar-refractivity contribution in [2.24, 2.45) is 0 Å². The molecule has 23 heavy (non-hydrogen) atoms. The third-order valence-electron chi connectivity index (χ3n) is 3.82. The quantitative estimate of drug-likeness (QED) is 0.942. The van der Waals surface area contributed by atoms with Gasteiger partial charge in [-0.25, -0.2) is 0 Å². The Labute approximate surface area is 129 Å². The Balaban J connectivity index is 1.66. The number of carbonyl (C=O) groups is 1. The number of hydrogen-bond acceptors (Lipinski definition) is 4. The highest BCUT2D eigenvalue weighted by Gasteiger charge is 2.37. The van der Waals surface area contributed by atoms with Gasteiger partial charge in [0.05, 0.1) is 12.5 Å². The third-order valence-corrected chi connectivity index (χ3v) is 3.82. The number of fused-ring (bicyclic) bond motifs is 1. The SMILES string of the molecule is O=C(NCc1nc(C(F)(F)F)no1)C1CCCc2ccccc21. The van der Waals surface area contributed by atoms with Gasteiger partial charge in [0.25, 0.3) is 5.82 Å². The van der Waals surface area contributed by atoms with E-state index in [4.69, 9.17) is 0 Å². The minimum Gasteiger partial charge on any atom is -0.346 e. The average molecular weight is 325 g/mol.